The minimum Gasteiger partial charge on any atom is -0.455 e. The van der Waals surface area contributed by atoms with Crippen LogP contribution in [0.25, 0.3) is 0 Å². The van der Waals surface area contributed by atoms with Crippen molar-refractivity contribution in [1.29, 1.82) is 0 Å². The summed E-state index contributed by atoms with van der Waals surface area (Å²) in [6.07, 6.45) is 1.37. The molecule has 1 rings (SSSR count). The molecule has 1 aromatic carbocycles. The minimum atomic E-state index is -2.16. The van der Waals surface area contributed by atoms with E-state index < -0.39 is 16.6 Å². The predicted molar refractivity (Wildman–Crippen MR) is 131 cm³/mol. The Morgan fingerprint density at radius 3 is 2.00 bits per heavy atom. The molecule has 0 saturated heterocycles. The third-order valence-corrected chi connectivity index (χ3v) is 16.3. The zero-order valence-electron chi connectivity index (χ0n) is 18.5. The Morgan fingerprint density at radius 1 is 1.04 bits per heavy atom. The molecule has 0 unspecified atom stereocenters. The smallest absolute Gasteiger partial charge is 0.286 e. The number of para-hydroxylation sites is 1. The molecular weight excluding hydrogens is 483 g/mol. The van der Waals surface area contributed by atoms with Gasteiger partial charge in [0.2, 0.25) is 0 Å². The monoisotopic (exact) mass is 518 g/mol. The lowest BCUT2D eigenvalue weighted by molar-refractivity contribution is -0.111. The fourth-order valence-electron chi connectivity index (χ4n) is 2.06. The summed E-state index contributed by atoms with van der Waals surface area (Å²) < 4.78 is 8.89. The van der Waals surface area contributed by atoms with Crippen molar-refractivity contribution in [2.45, 2.75) is 77.8 Å². The summed E-state index contributed by atoms with van der Waals surface area (Å²) in [5.41, 5.74) is 0.952. The van der Waals surface area contributed by atoms with Gasteiger partial charge in [0.1, 0.15) is 6.21 Å². The van der Waals surface area contributed by atoms with Gasteiger partial charge in [0.25, 0.3) is 14.2 Å². The molecule has 0 N–H and O–H groups in total. The highest BCUT2D eigenvalue weighted by atomic mass is 127. The second kappa shape index (κ2) is 8.36. The summed E-state index contributed by atoms with van der Waals surface area (Å²) in [6.45, 7) is 21.8. The van der Waals surface area contributed by atoms with Crippen LogP contribution in [0.5, 0.6) is 0 Å². The van der Waals surface area contributed by atoms with Gasteiger partial charge < -0.3 is 9.09 Å². The van der Waals surface area contributed by atoms with E-state index in [4.69, 9.17) is 4.53 Å². The molecule has 0 spiro atoms. The van der Waals surface area contributed by atoms with Crippen molar-refractivity contribution in [3.8, 4) is 0 Å². The van der Waals surface area contributed by atoms with Crippen LogP contribution in [-0.4, -0.2) is 28.7 Å². The first kappa shape index (κ1) is 24.4. The number of oxime groups is 1. The van der Waals surface area contributed by atoms with Crippen LogP contribution in [0.2, 0.25) is 36.3 Å². The molecule has 0 bridgehead atoms. The lowest BCUT2D eigenvalue weighted by Gasteiger charge is -2.45. The zero-order chi connectivity index (χ0) is 21.3. The molecule has 152 valence electrons. The normalized spacial score (nSPS) is 13.7. The Morgan fingerprint density at radius 2 is 1.56 bits per heavy atom. The molecule has 0 aliphatic carbocycles. The Hall–Kier alpha value is -0.676. The van der Waals surface area contributed by atoms with Crippen LogP contribution in [0.4, 0.5) is 5.69 Å². The molecule has 7 heteroatoms. The summed E-state index contributed by atoms with van der Waals surface area (Å²) in [7, 11) is -4.20. The van der Waals surface area contributed by atoms with E-state index >= 15 is 0 Å². The molecule has 0 aromatic heterocycles. The van der Waals surface area contributed by atoms with Gasteiger partial charge in [0, 0.05) is 9.26 Å². The number of carbonyl (C=O) groups is 1. The van der Waals surface area contributed by atoms with Gasteiger partial charge in [-0.2, -0.15) is 0 Å². The van der Waals surface area contributed by atoms with Crippen LogP contribution < -0.4 is 4.57 Å². The minimum absolute atomic E-state index is 0.00963. The maximum absolute atomic E-state index is 13.3. The first-order valence-electron chi connectivity index (χ1n) is 9.32. The van der Waals surface area contributed by atoms with Gasteiger partial charge in [0.05, 0.1) is 0 Å². The summed E-state index contributed by atoms with van der Waals surface area (Å²) >= 11 is 2.30. The number of anilines is 1. The van der Waals surface area contributed by atoms with Gasteiger partial charge in [-0.1, -0.05) is 66.8 Å². The molecule has 0 aliphatic heterocycles. The first-order valence-corrected chi connectivity index (χ1v) is 16.3. The van der Waals surface area contributed by atoms with Crippen molar-refractivity contribution in [2.75, 3.05) is 4.57 Å². The Labute approximate surface area is 181 Å². The van der Waals surface area contributed by atoms with Crippen molar-refractivity contribution in [2.24, 2.45) is 5.16 Å². The number of hydrogen-bond acceptors (Lipinski definition) is 3. The van der Waals surface area contributed by atoms with E-state index in [2.05, 4.69) is 95.5 Å². The van der Waals surface area contributed by atoms with Gasteiger partial charge in [-0.15, -0.1) is 5.16 Å². The second-order valence-corrected chi connectivity index (χ2v) is 21.0. The predicted octanol–water partition coefficient (Wildman–Crippen LogP) is 6.64. The fraction of sp³-hybridized carbons (Fsp3) is 0.600. The lowest BCUT2D eigenvalue weighted by atomic mass is 10.2. The molecule has 0 heterocycles. The van der Waals surface area contributed by atoms with Crippen molar-refractivity contribution in [3.63, 3.8) is 0 Å². The third-order valence-electron chi connectivity index (χ3n) is 5.96. The highest BCUT2D eigenvalue weighted by molar-refractivity contribution is 14.1. The van der Waals surface area contributed by atoms with E-state index in [0.717, 1.165) is 9.26 Å². The molecule has 4 nitrogen and oxygen atoms in total. The SMILES string of the molecule is CC(C)(C)[Si](C)(C)O/N=C/C(=O)N(c1ccccc1I)[Si](C)(C)C(C)(C)C. The van der Waals surface area contributed by atoms with E-state index in [9.17, 15) is 4.79 Å². The zero-order valence-corrected chi connectivity index (χ0v) is 22.6. The molecule has 27 heavy (non-hydrogen) atoms. The highest BCUT2D eigenvalue weighted by Gasteiger charge is 2.45. The molecule has 0 radical (unpaired) electrons. The van der Waals surface area contributed by atoms with Crippen molar-refractivity contribution >= 4 is 57.0 Å². The number of amides is 1. The Kier molecular flexibility index (Phi) is 7.55. The van der Waals surface area contributed by atoms with E-state index in [1.54, 1.807) is 0 Å². The van der Waals surface area contributed by atoms with Gasteiger partial charge >= 0.3 is 0 Å². The van der Waals surface area contributed by atoms with Crippen LogP contribution >= 0.6 is 22.6 Å². The molecule has 1 aromatic rings. The molecule has 1 amide bonds. The summed E-state index contributed by atoms with van der Waals surface area (Å²) in [5.74, 6) is -0.107. The van der Waals surface area contributed by atoms with E-state index in [-0.39, 0.29) is 16.0 Å². The number of halogens is 1. The van der Waals surface area contributed by atoms with E-state index in [1.165, 1.54) is 6.21 Å². The molecule has 0 atom stereocenters. The Bertz CT molecular complexity index is 705. The van der Waals surface area contributed by atoms with Gasteiger partial charge in [-0.3, -0.25) is 4.79 Å². The number of benzene rings is 1. The summed E-state index contributed by atoms with van der Waals surface area (Å²) in [4.78, 5) is 13.3. The summed E-state index contributed by atoms with van der Waals surface area (Å²) in [5, 5.41) is 4.20. The summed E-state index contributed by atoms with van der Waals surface area (Å²) in [6, 6.07) is 8.03. The average molecular weight is 519 g/mol. The van der Waals surface area contributed by atoms with E-state index in [1.807, 2.05) is 28.8 Å². The average Bonchev–Trinajstić information content (AvgIpc) is 2.46. The van der Waals surface area contributed by atoms with Crippen LogP contribution in [0.15, 0.2) is 29.4 Å². The molecule has 0 fully saturated rings. The third kappa shape index (κ3) is 5.66. The van der Waals surface area contributed by atoms with Crippen molar-refractivity contribution < 1.29 is 9.32 Å². The van der Waals surface area contributed by atoms with Crippen LogP contribution in [-0.2, 0) is 9.32 Å². The topological polar surface area (TPSA) is 41.9 Å². The van der Waals surface area contributed by atoms with Gasteiger partial charge in [-0.05, 0) is 57.9 Å². The lowest BCUT2D eigenvalue weighted by Crippen LogP contribution is -2.58. The molecule has 0 saturated carbocycles. The first-order chi connectivity index (χ1) is 12.0. The van der Waals surface area contributed by atoms with Crippen molar-refractivity contribution in [1.82, 2.24) is 0 Å². The van der Waals surface area contributed by atoms with Crippen LogP contribution in [0, 0.1) is 3.57 Å². The maximum atomic E-state index is 13.3. The van der Waals surface area contributed by atoms with Crippen LogP contribution in [0.1, 0.15) is 41.5 Å². The molecular formula is C20H35IN2O2Si2. The number of hydrogen-bond donors (Lipinski definition) is 0. The van der Waals surface area contributed by atoms with Gasteiger partial charge in [0.15, 0.2) is 8.24 Å². The fourth-order valence-corrected chi connectivity index (χ4v) is 5.58. The number of rotatable bonds is 5. The van der Waals surface area contributed by atoms with E-state index in [0.29, 0.717) is 0 Å². The van der Waals surface area contributed by atoms with Crippen molar-refractivity contribution in [3.05, 3.63) is 27.8 Å². The van der Waals surface area contributed by atoms with Crippen LogP contribution in [0.3, 0.4) is 0 Å². The van der Waals surface area contributed by atoms with Gasteiger partial charge in [-0.25, -0.2) is 0 Å². The number of carbonyl (C=O) groups excluding carboxylic acids is 1. The largest absolute Gasteiger partial charge is 0.455 e. The maximum Gasteiger partial charge on any atom is 0.286 e. The molecule has 0 aliphatic rings. The quantitative estimate of drug-likeness (QED) is 0.190. The Balaban J connectivity index is 3.28. The standard InChI is InChI=1S/C20H35IN2O2Si2/c1-19(2,3)26(7,8)23(17-14-12-11-13-16(17)21)18(24)15-22-25-27(9,10)20(4,5)6/h11-15H,1-10H3/b22-15+. The highest BCUT2D eigenvalue weighted by Crippen LogP contribution is 2.41. The second-order valence-electron chi connectivity index (χ2n) is 10.0. The number of nitrogens with zero attached hydrogens (tertiary/aromatic N) is 2.